The molecule has 2 rings (SSSR count). The summed E-state index contributed by atoms with van der Waals surface area (Å²) in [5.41, 5.74) is -0.246. The average Bonchev–Trinajstić information content (AvgIpc) is 3.22. The standard InChI is InChI=1S/C18H33N7O.HI/c1-5-15-24-21-13-25(15)11-10-19-17(22-14-8-6-7-9-14)20-12-16(26)23-18(2,3)4;/h13-14H,5-12H2,1-4H3,(H,23,26)(H2,19,20,22);1H. The van der Waals surface area contributed by atoms with Gasteiger partial charge in [-0.15, -0.1) is 34.2 Å². The second-order valence-corrected chi connectivity index (χ2v) is 7.81. The Morgan fingerprint density at radius 1 is 1.33 bits per heavy atom. The van der Waals surface area contributed by atoms with Gasteiger partial charge in [-0.05, 0) is 33.6 Å². The van der Waals surface area contributed by atoms with Gasteiger partial charge in [0.1, 0.15) is 18.7 Å². The Kier molecular flexibility index (Phi) is 10.0. The molecule has 0 radical (unpaired) electrons. The summed E-state index contributed by atoms with van der Waals surface area (Å²) in [5, 5.41) is 17.8. The minimum absolute atomic E-state index is 0. The van der Waals surface area contributed by atoms with E-state index < -0.39 is 0 Å². The third kappa shape index (κ3) is 8.89. The summed E-state index contributed by atoms with van der Waals surface area (Å²) < 4.78 is 2.03. The first kappa shape index (κ1) is 23.6. The third-order valence-electron chi connectivity index (χ3n) is 4.25. The van der Waals surface area contributed by atoms with Gasteiger partial charge in [0, 0.05) is 31.1 Å². The van der Waals surface area contributed by atoms with E-state index in [0.717, 1.165) is 31.6 Å². The Morgan fingerprint density at radius 3 is 2.67 bits per heavy atom. The third-order valence-corrected chi connectivity index (χ3v) is 4.25. The molecule has 8 nitrogen and oxygen atoms in total. The molecule has 0 aromatic carbocycles. The monoisotopic (exact) mass is 491 g/mol. The fourth-order valence-electron chi connectivity index (χ4n) is 3.06. The highest BCUT2D eigenvalue weighted by Gasteiger charge is 2.17. The van der Waals surface area contributed by atoms with Gasteiger partial charge in [0.25, 0.3) is 0 Å². The van der Waals surface area contributed by atoms with Gasteiger partial charge in [0.05, 0.1) is 0 Å². The molecule has 0 bridgehead atoms. The van der Waals surface area contributed by atoms with Crippen molar-refractivity contribution < 1.29 is 4.79 Å². The van der Waals surface area contributed by atoms with Crippen molar-refractivity contribution in [1.29, 1.82) is 0 Å². The maximum absolute atomic E-state index is 12.1. The first-order chi connectivity index (χ1) is 12.4. The number of aliphatic imine (C=N–C) groups is 1. The smallest absolute Gasteiger partial charge is 0.242 e. The molecule has 0 unspecified atom stereocenters. The van der Waals surface area contributed by atoms with Crippen LogP contribution < -0.4 is 16.0 Å². The summed E-state index contributed by atoms with van der Waals surface area (Å²) in [6.45, 7) is 9.54. The van der Waals surface area contributed by atoms with Crippen LogP contribution in [0, 0.1) is 0 Å². The van der Waals surface area contributed by atoms with E-state index in [4.69, 9.17) is 0 Å². The molecule has 1 aromatic heterocycles. The number of hydrogen-bond donors (Lipinski definition) is 3. The predicted octanol–water partition coefficient (Wildman–Crippen LogP) is 1.85. The lowest BCUT2D eigenvalue weighted by atomic mass is 10.1. The van der Waals surface area contributed by atoms with Crippen LogP contribution in [0.4, 0.5) is 0 Å². The molecule has 1 aliphatic carbocycles. The normalized spacial score (nSPS) is 15.3. The van der Waals surface area contributed by atoms with Gasteiger partial charge in [-0.25, -0.2) is 4.99 Å². The number of nitrogens with one attached hydrogen (secondary N) is 3. The maximum Gasteiger partial charge on any atom is 0.242 e. The molecule has 1 aromatic rings. The van der Waals surface area contributed by atoms with E-state index in [1.807, 2.05) is 25.3 Å². The number of hydrogen-bond acceptors (Lipinski definition) is 4. The predicted molar refractivity (Wildman–Crippen MR) is 118 cm³/mol. The van der Waals surface area contributed by atoms with E-state index in [0.29, 0.717) is 18.5 Å². The molecular formula is C18H34IN7O. The van der Waals surface area contributed by atoms with E-state index in [-0.39, 0.29) is 42.0 Å². The molecule has 1 amide bonds. The molecule has 3 N–H and O–H groups in total. The molecule has 1 saturated carbocycles. The van der Waals surface area contributed by atoms with Crippen molar-refractivity contribution in [3.05, 3.63) is 12.2 Å². The largest absolute Gasteiger partial charge is 0.355 e. The second-order valence-electron chi connectivity index (χ2n) is 7.81. The zero-order valence-electron chi connectivity index (χ0n) is 16.9. The molecule has 154 valence electrons. The van der Waals surface area contributed by atoms with E-state index in [1.54, 1.807) is 6.33 Å². The fourth-order valence-corrected chi connectivity index (χ4v) is 3.06. The molecular weight excluding hydrogens is 457 g/mol. The first-order valence-corrected chi connectivity index (χ1v) is 9.60. The number of carbonyl (C=O) groups is 1. The van der Waals surface area contributed by atoms with Crippen molar-refractivity contribution >= 4 is 35.8 Å². The van der Waals surface area contributed by atoms with E-state index in [9.17, 15) is 4.79 Å². The Hall–Kier alpha value is -1.39. The lowest BCUT2D eigenvalue weighted by Crippen LogP contribution is -2.45. The van der Waals surface area contributed by atoms with Crippen LogP contribution in [-0.4, -0.2) is 51.3 Å². The quantitative estimate of drug-likeness (QED) is 0.308. The molecule has 1 heterocycles. The second kappa shape index (κ2) is 11.5. The van der Waals surface area contributed by atoms with Crippen molar-refractivity contribution in [2.24, 2.45) is 4.99 Å². The van der Waals surface area contributed by atoms with Crippen LogP contribution in [0.3, 0.4) is 0 Å². The number of carbonyl (C=O) groups excluding carboxylic acids is 1. The minimum atomic E-state index is -0.246. The highest BCUT2D eigenvalue weighted by atomic mass is 127. The Labute approximate surface area is 179 Å². The van der Waals surface area contributed by atoms with Crippen LogP contribution in [0.2, 0.25) is 0 Å². The summed E-state index contributed by atoms with van der Waals surface area (Å²) in [6, 6.07) is 0.438. The van der Waals surface area contributed by atoms with E-state index >= 15 is 0 Å². The lowest BCUT2D eigenvalue weighted by molar-refractivity contribution is -0.121. The van der Waals surface area contributed by atoms with Crippen molar-refractivity contribution in [2.45, 2.75) is 77.9 Å². The highest BCUT2D eigenvalue weighted by Crippen LogP contribution is 2.17. The van der Waals surface area contributed by atoms with Gasteiger partial charge in [0.15, 0.2) is 5.96 Å². The van der Waals surface area contributed by atoms with Crippen molar-refractivity contribution in [3.63, 3.8) is 0 Å². The number of guanidine groups is 1. The van der Waals surface area contributed by atoms with Crippen LogP contribution in [0.25, 0.3) is 0 Å². The number of amides is 1. The zero-order chi connectivity index (χ0) is 19.0. The Bertz CT molecular complexity index is 603. The molecule has 1 aliphatic rings. The van der Waals surface area contributed by atoms with Gasteiger partial charge in [-0.3, -0.25) is 4.79 Å². The van der Waals surface area contributed by atoms with Crippen LogP contribution >= 0.6 is 24.0 Å². The number of aryl methyl sites for hydroxylation is 1. The van der Waals surface area contributed by atoms with Crippen LogP contribution in [0.15, 0.2) is 11.3 Å². The molecule has 1 fully saturated rings. The summed E-state index contributed by atoms with van der Waals surface area (Å²) in [6.07, 6.45) is 7.40. The van der Waals surface area contributed by atoms with Crippen LogP contribution in [0.1, 0.15) is 59.2 Å². The molecule has 0 aliphatic heterocycles. The summed E-state index contributed by atoms with van der Waals surface area (Å²) in [5.74, 6) is 1.60. The summed E-state index contributed by atoms with van der Waals surface area (Å²) >= 11 is 0. The van der Waals surface area contributed by atoms with Gasteiger partial charge in [0.2, 0.25) is 5.91 Å². The number of nitrogens with zero attached hydrogens (tertiary/aromatic N) is 4. The molecule has 0 spiro atoms. The molecule has 9 heteroatoms. The number of halogens is 1. The van der Waals surface area contributed by atoms with Gasteiger partial charge in [-0.1, -0.05) is 19.8 Å². The molecule has 27 heavy (non-hydrogen) atoms. The maximum atomic E-state index is 12.1. The SMILES string of the molecule is CCc1nncn1CCNC(=NCC(=O)NC(C)(C)C)NC1CCCC1.I. The lowest BCUT2D eigenvalue weighted by Gasteiger charge is -2.21. The number of rotatable bonds is 7. The van der Waals surface area contributed by atoms with Gasteiger partial charge < -0.3 is 20.5 Å². The van der Waals surface area contributed by atoms with Gasteiger partial charge in [-0.2, -0.15) is 0 Å². The first-order valence-electron chi connectivity index (χ1n) is 9.60. The van der Waals surface area contributed by atoms with Crippen molar-refractivity contribution in [1.82, 2.24) is 30.7 Å². The number of aromatic nitrogens is 3. The fraction of sp³-hybridized carbons (Fsp3) is 0.778. The Morgan fingerprint density at radius 2 is 2.04 bits per heavy atom. The van der Waals surface area contributed by atoms with Gasteiger partial charge >= 0.3 is 0 Å². The van der Waals surface area contributed by atoms with Crippen LogP contribution in [-0.2, 0) is 17.8 Å². The summed E-state index contributed by atoms with van der Waals surface area (Å²) in [4.78, 5) is 16.5. The zero-order valence-corrected chi connectivity index (χ0v) is 19.2. The Balaban J connectivity index is 0.00000364. The topological polar surface area (TPSA) is 96.2 Å². The minimum Gasteiger partial charge on any atom is -0.355 e. The highest BCUT2D eigenvalue weighted by molar-refractivity contribution is 14.0. The average molecular weight is 491 g/mol. The molecule has 0 atom stereocenters. The van der Waals surface area contributed by atoms with Crippen molar-refractivity contribution in [2.75, 3.05) is 13.1 Å². The van der Waals surface area contributed by atoms with E-state index in [2.05, 4.69) is 38.1 Å². The molecule has 0 saturated heterocycles. The summed E-state index contributed by atoms with van der Waals surface area (Å²) in [7, 11) is 0. The van der Waals surface area contributed by atoms with Crippen molar-refractivity contribution in [3.8, 4) is 0 Å². The van der Waals surface area contributed by atoms with Crippen LogP contribution in [0.5, 0.6) is 0 Å². The van der Waals surface area contributed by atoms with E-state index in [1.165, 1.54) is 12.8 Å².